The van der Waals surface area contributed by atoms with Gasteiger partial charge in [0.1, 0.15) is 11.3 Å². The zero-order valence-electron chi connectivity index (χ0n) is 14.8. The molecule has 0 saturated carbocycles. The van der Waals surface area contributed by atoms with Gasteiger partial charge in [-0.3, -0.25) is 0 Å². The minimum absolute atomic E-state index is 0.174. The number of anilines is 1. The van der Waals surface area contributed by atoms with Gasteiger partial charge in [-0.2, -0.15) is 0 Å². The lowest BCUT2D eigenvalue weighted by Gasteiger charge is -2.11. The number of hydrogen-bond acceptors (Lipinski definition) is 7. The lowest BCUT2D eigenvalue weighted by atomic mass is 10.1. The topological polar surface area (TPSA) is 90.9 Å². The third kappa shape index (κ3) is 4.58. The van der Waals surface area contributed by atoms with E-state index in [9.17, 15) is 9.59 Å². The monoisotopic (exact) mass is 369 g/mol. The highest BCUT2D eigenvalue weighted by atomic mass is 16.5. The van der Waals surface area contributed by atoms with Crippen LogP contribution in [0.1, 0.15) is 39.2 Å². The summed E-state index contributed by atoms with van der Waals surface area (Å²) in [6.07, 6.45) is 2.94. The molecule has 0 aliphatic carbocycles. The smallest absolute Gasteiger partial charge is 0.341 e. The first-order valence-corrected chi connectivity index (χ1v) is 8.45. The van der Waals surface area contributed by atoms with Crippen LogP contribution in [0.25, 0.3) is 0 Å². The van der Waals surface area contributed by atoms with E-state index in [4.69, 9.17) is 18.3 Å². The summed E-state index contributed by atoms with van der Waals surface area (Å²) < 4.78 is 20.8. The Morgan fingerprint density at radius 1 is 0.926 bits per heavy atom. The number of ether oxygens (including phenoxy) is 2. The molecule has 0 spiro atoms. The van der Waals surface area contributed by atoms with Crippen molar-refractivity contribution in [3.05, 3.63) is 77.6 Å². The number of furan rings is 2. The molecule has 1 aromatic carbocycles. The van der Waals surface area contributed by atoms with Crippen molar-refractivity contribution in [2.75, 3.05) is 11.9 Å². The van der Waals surface area contributed by atoms with Crippen molar-refractivity contribution < 1.29 is 27.9 Å². The number of rotatable bonds is 8. The van der Waals surface area contributed by atoms with E-state index in [0.29, 0.717) is 17.8 Å². The molecule has 27 heavy (non-hydrogen) atoms. The molecule has 2 heterocycles. The normalized spacial score (nSPS) is 10.4. The second-order valence-corrected chi connectivity index (χ2v) is 5.53. The van der Waals surface area contributed by atoms with E-state index >= 15 is 0 Å². The van der Waals surface area contributed by atoms with Crippen LogP contribution in [0.2, 0.25) is 0 Å². The van der Waals surface area contributed by atoms with Crippen molar-refractivity contribution in [3.8, 4) is 0 Å². The highest BCUT2D eigenvalue weighted by molar-refractivity contribution is 5.95. The summed E-state index contributed by atoms with van der Waals surface area (Å²) in [4.78, 5) is 24.3. The lowest BCUT2D eigenvalue weighted by molar-refractivity contribution is 0.0423. The number of hydrogen-bond donors (Lipinski definition) is 1. The molecule has 0 aliphatic heterocycles. The Kier molecular flexibility index (Phi) is 5.94. The SMILES string of the molecule is CCOC(=O)c1ccoc1COC(=O)c1ccccc1NCc1ccco1. The second-order valence-electron chi connectivity index (χ2n) is 5.53. The summed E-state index contributed by atoms with van der Waals surface area (Å²) in [6, 6.07) is 12.1. The Labute approximate surface area is 155 Å². The maximum Gasteiger partial charge on any atom is 0.341 e. The Morgan fingerprint density at radius 2 is 1.74 bits per heavy atom. The number of carbonyl (C=O) groups is 2. The molecular weight excluding hydrogens is 350 g/mol. The van der Waals surface area contributed by atoms with Crippen LogP contribution in [0.4, 0.5) is 5.69 Å². The number of carbonyl (C=O) groups excluding carboxylic acids is 2. The van der Waals surface area contributed by atoms with Crippen LogP contribution < -0.4 is 5.32 Å². The van der Waals surface area contributed by atoms with Gasteiger partial charge in [0.2, 0.25) is 0 Å². The van der Waals surface area contributed by atoms with Crippen molar-refractivity contribution >= 4 is 17.6 Å². The van der Waals surface area contributed by atoms with Gasteiger partial charge in [-0.05, 0) is 37.3 Å². The Balaban J connectivity index is 1.65. The first kappa shape index (κ1) is 18.3. The summed E-state index contributed by atoms with van der Waals surface area (Å²) in [5.74, 6) is -0.0720. The first-order chi connectivity index (χ1) is 13.2. The van der Waals surface area contributed by atoms with E-state index in [1.54, 1.807) is 37.5 Å². The molecule has 0 aliphatic rings. The molecule has 0 unspecified atom stereocenters. The molecule has 0 saturated heterocycles. The highest BCUT2D eigenvalue weighted by Gasteiger charge is 2.19. The van der Waals surface area contributed by atoms with Crippen LogP contribution in [0, 0.1) is 0 Å². The van der Waals surface area contributed by atoms with Gasteiger partial charge in [-0.15, -0.1) is 0 Å². The van der Waals surface area contributed by atoms with Gasteiger partial charge in [0.25, 0.3) is 0 Å². The molecule has 0 amide bonds. The van der Waals surface area contributed by atoms with Crippen molar-refractivity contribution in [2.45, 2.75) is 20.1 Å². The Bertz CT molecular complexity index is 897. The summed E-state index contributed by atoms with van der Waals surface area (Å²) in [6.45, 7) is 2.22. The Hall–Kier alpha value is -3.48. The zero-order valence-corrected chi connectivity index (χ0v) is 14.8. The molecule has 3 rings (SSSR count). The largest absolute Gasteiger partial charge is 0.467 e. The first-order valence-electron chi connectivity index (χ1n) is 8.45. The molecule has 0 atom stereocenters. The van der Waals surface area contributed by atoms with Crippen LogP contribution in [0.3, 0.4) is 0 Å². The number of para-hydroxylation sites is 1. The molecule has 0 bridgehead atoms. The van der Waals surface area contributed by atoms with E-state index in [1.165, 1.54) is 12.3 Å². The second kappa shape index (κ2) is 8.75. The van der Waals surface area contributed by atoms with E-state index in [0.717, 1.165) is 5.76 Å². The van der Waals surface area contributed by atoms with E-state index < -0.39 is 11.9 Å². The van der Waals surface area contributed by atoms with E-state index in [-0.39, 0.29) is 24.5 Å². The van der Waals surface area contributed by atoms with Crippen molar-refractivity contribution in [1.82, 2.24) is 0 Å². The summed E-state index contributed by atoms with van der Waals surface area (Å²) in [7, 11) is 0. The summed E-state index contributed by atoms with van der Waals surface area (Å²) in [5.41, 5.74) is 1.23. The van der Waals surface area contributed by atoms with Gasteiger partial charge in [-0.1, -0.05) is 12.1 Å². The molecular formula is C20H19NO6. The molecule has 140 valence electrons. The van der Waals surface area contributed by atoms with E-state index in [1.807, 2.05) is 12.1 Å². The molecule has 2 aromatic heterocycles. The highest BCUT2D eigenvalue weighted by Crippen LogP contribution is 2.19. The fourth-order valence-electron chi connectivity index (χ4n) is 2.46. The zero-order chi connectivity index (χ0) is 19.1. The van der Waals surface area contributed by atoms with Crippen LogP contribution in [-0.4, -0.2) is 18.5 Å². The van der Waals surface area contributed by atoms with Crippen molar-refractivity contribution in [3.63, 3.8) is 0 Å². The summed E-state index contributed by atoms with van der Waals surface area (Å²) in [5, 5.41) is 3.14. The molecule has 7 heteroatoms. The van der Waals surface area contributed by atoms with Gasteiger partial charge < -0.3 is 23.6 Å². The number of nitrogens with one attached hydrogen (secondary N) is 1. The predicted molar refractivity (Wildman–Crippen MR) is 96.3 cm³/mol. The molecule has 1 N–H and O–H groups in total. The minimum Gasteiger partial charge on any atom is -0.467 e. The molecule has 0 radical (unpaired) electrons. The molecule has 0 fully saturated rings. The van der Waals surface area contributed by atoms with Gasteiger partial charge in [-0.25, -0.2) is 9.59 Å². The van der Waals surface area contributed by atoms with Crippen LogP contribution >= 0.6 is 0 Å². The average molecular weight is 369 g/mol. The van der Waals surface area contributed by atoms with Gasteiger partial charge in [0.05, 0.1) is 31.2 Å². The summed E-state index contributed by atoms with van der Waals surface area (Å²) >= 11 is 0. The quantitative estimate of drug-likeness (QED) is 0.600. The average Bonchev–Trinajstić information content (AvgIpc) is 3.36. The fourth-order valence-corrected chi connectivity index (χ4v) is 2.46. The fraction of sp³-hybridized carbons (Fsp3) is 0.200. The maximum atomic E-state index is 12.5. The maximum absolute atomic E-state index is 12.5. The van der Waals surface area contributed by atoms with Crippen molar-refractivity contribution in [2.24, 2.45) is 0 Å². The molecule has 7 nitrogen and oxygen atoms in total. The van der Waals surface area contributed by atoms with Gasteiger partial charge in [0, 0.05) is 5.69 Å². The number of esters is 2. The van der Waals surface area contributed by atoms with Crippen LogP contribution in [0.5, 0.6) is 0 Å². The van der Waals surface area contributed by atoms with Crippen LogP contribution in [-0.2, 0) is 22.6 Å². The predicted octanol–water partition coefficient (Wildman–Crippen LogP) is 4.02. The molecule has 3 aromatic rings. The standard InChI is InChI=1S/C20H19NO6/c1-2-24-20(23)16-9-11-26-18(16)13-27-19(22)15-7-3-4-8-17(15)21-12-14-6-5-10-25-14/h3-11,21H,2,12-13H2,1H3. The van der Waals surface area contributed by atoms with E-state index in [2.05, 4.69) is 5.32 Å². The van der Waals surface area contributed by atoms with Gasteiger partial charge in [0.15, 0.2) is 12.4 Å². The van der Waals surface area contributed by atoms with Gasteiger partial charge >= 0.3 is 11.9 Å². The lowest BCUT2D eigenvalue weighted by Crippen LogP contribution is -2.11. The third-order valence-corrected chi connectivity index (χ3v) is 3.76. The van der Waals surface area contributed by atoms with Crippen molar-refractivity contribution in [1.29, 1.82) is 0 Å². The van der Waals surface area contributed by atoms with Crippen LogP contribution in [0.15, 0.2) is 63.8 Å². The number of benzene rings is 1. The third-order valence-electron chi connectivity index (χ3n) is 3.76. The minimum atomic E-state index is -0.538. The Morgan fingerprint density at radius 3 is 2.52 bits per heavy atom.